The minimum absolute atomic E-state index is 0.102. The fraction of sp³-hybridized carbons (Fsp3) is 0.0870. The van der Waals surface area contributed by atoms with E-state index in [9.17, 15) is 13.2 Å². The Kier molecular flexibility index (Phi) is 4.86. The maximum Gasteiger partial charge on any atom is 0.273 e. The van der Waals surface area contributed by atoms with Crippen molar-refractivity contribution in [2.45, 2.75) is 10.4 Å². The molecule has 0 radical (unpaired) electrons. The minimum Gasteiger partial charge on any atom is -0.481 e. The molecule has 0 saturated heterocycles. The molecule has 1 unspecified atom stereocenters. The Morgan fingerprint density at radius 1 is 1.00 bits per heavy atom. The molecule has 10 heteroatoms. The number of hydrogen-bond donors (Lipinski definition) is 1. The monoisotopic (exact) mass is 480 g/mol. The Balaban J connectivity index is 1.79. The van der Waals surface area contributed by atoms with Gasteiger partial charge in [-0.05, 0) is 42.5 Å². The number of amides is 1. The molecule has 5 rings (SSSR count). The van der Waals surface area contributed by atoms with Gasteiger partial charge in [-0.15, -0.1) is 0 Å². The largest absolute Gasteiger partial charge is 0.481 e. The Morgan fingerprint density at radius 3 is 2.52 bits per heavy atom. The van der Waals surface area contributed by atoms with Gasteiger partial charge in [0, 0.05) is 33.9 Å². The molecule has 166 valence electrons. The standard InChI is InChI=1S/C23H17ClN4O4S/c1-32-21-16(7-4-12-27-21)23(25)17-13-15(24)9-10-18(17)28(22(23)29)33(30,31)19-8-2-5-14-6-3-11-26-20(14)19/h2-13H,25H2,1H3. The molecule has 1 atom stereocenters. The molecule has 0 bridgehead atoms. The van der Waals surface area contributed by atoms with Crippen LogP contribution >= 0.6 is 11.6 Å². The second-order valence-electron chi connectivity index (χ2n) is 7.44. The van der Waals surface area contributed by atoms with Gasteiger partial charge in [-0.25, -0.2) is 17.7 Å². The molecule has 3 heterocycles. The van der Waals surface area contributed by atoms with Gasteiger partial charge in [-0.3, -0.25) is 9.78 Å². The van der Waals surface area contributed by atoms with E-state index in [2.05, 4.69) is 9.97 Å². The number of pyridine rings is 2. The van der Waals surface area contributed by atoms with E-state index in [0.29, 0.717) is 14.7 Å². The van der Waals surface area contributed by atoms with Crippen LogP contribution in [0.1, 0.15) is 11.1 Å². The number of anilines is 1. The molecule has 1 aliphatic rings. The van der Waals surface area contributed by atoms with E-state index >= 15 is 0 Å². The van der Waals surface area contributed by atoms with Crippen molar-refractivity contribution in [3.63, 3.8) is 0 Å². The second-order valence-corrected chi connectivity index (χ2v) is 9.63. The summed E-state index contributed by atoms with van der Waals surface area (Å²) in [6.45, 7) is 0. The molecular weight excluding hydrogens is 464 g/mol. The Labute approximate surface area is 194 Å². The molecule has 2 N–H and O–H groups in total. The van der Waals surface area contributed by atoms with Crippen molar-refractivity contribution in [2.75, 3.05) is 11.4 Å². The average molecular weight is 481 g/mol. The van der Waals surface area contributed by atoms with E-state index in [4.69, 9.17) is 22.1 Å². The van der Waals surface area contributed by atoms with Crippen molar-refractivity contribution >= 4 is 44.1 Å². The van der Waals surface area contributed by atoms with Gasteiger partial charge in [0.15, 0.2) is 5.54 Å². The number of nitrogens with two attached hydrogens (primary N) is 1. The SMILES string of the molecule is COc1ncccc1C1(N)C(=O)N(S(=O)(=O)c2cccc3cccnc23)c2ccc(Cl)cc21. The summed E-state index contributed by atoms with van der Waals surface area (Å²) in [4.78, 5) is 22.2. The fourth-order valence-electron chi connectivity index (χ4n) is 4.12. The number of hydrogen-bond acceptors (Lipinski definition) is 7. The van der Waals surface area contributed by atoms with Crippen LogP contribution < -0.4 is 14.8 Å². The number of aromatic nitrogens is 2. The number of carbonyl (C=O) groups excluding carboxylic acids is 1. The first-order valence-corrected chi connectivity index (χ1v) is 11.6. The third-order valence-corrected chi connectivity index (χ3v) is 7.59. The lowest BCUT2D eigenvalue weighted by molar-refractivity contribution is -0.120. The highest BCUT2D eigenvalue weighted by Gasteiger charge is 2.55. The van der Waals surface area contributed by atoms with Gasteiger partial charge in [0.05, 0.1) is 18.3 Å². The van der Waals surface area contributed by atoms with Crippen LogP contribution in [0.5, 0.6) is 5.88 Å². The maximum atomic E-state index is 13.9. The van der Waals surface area contributed by atoms with Crippen molar-refractivity contribution in [3.8, 4) is 5.88 Å². The van der Waals surface area contributed by atoms with Crippen molar-refractivity contribution in [3.05, 3.63) is 89.2 Å². The summed E-state index contributed by atoms with van der Waals surface area (Å²) in [5, 5.41) is 0.916. The molecule has 0 saturated carbocycles. The normalized spacial score (nSPS) is 17.9. The highest BCUT2D eigenvalue weighted by Crippen LogP contribution is 2.48. The Bertz CT molecular complexity index is 1540. The Hall–Kier alpha value is -3.53. The number of rotatable bonds is 4. The van der Waals surface area contributed by atoms with Crippen LogP contribution in [0.2, 0.25) is 5.02 Å². The first-order valence-electron chi connectivity index (χ1n) is 9.82. The van der Waals surface area contributed by atoms with Gasteiger partial charge in [-0.2, -0.15) is 0 Å². The minimum atomic E-state index is -4.40. The highest BCUT2D eigenvalue weighted by atomic mass is 35.5. The quantitative estimate of drug-likeness (QED) is 0.476. The van der Waals surface area contributed by atoms with Crippen LogP contribution in [0.4, 0.5) is 5.69 Å². The lowest BCUT2D eigenvalue weighted by Gasteiger charge is -2.25. The zero-order valence-corrected chi connectivity index (χ0v) is 18.8. The first-order chi connectivity index (χ1) is 15.8. The van der Waals surface area contributed by atoms with Crippen LogP contribution in [0.15, 0.2) is 78.0 Å². The predicted octanol–water partition coefficient (Wildman–Crippen LogP) is 3.23. The van der Waals surface area contributed by atoms with E-state index < -0.39 is 21.5 Å². The third-order valence-electron chi connectivity index (χ3n) is 5.63. The number of benzene rings is 2. The van der Waals surface area contributed by atoms with Gasteiger partial charge in [0.25, 0.3) is 15.9 Å². The number of nitrogens with zero attached hydrogens (tertiary/aromatic N) is 3. The molecule has 1 aliphatic heterocycles. The van der Waals surface area contributed by atoms with Gasteiger partial charge >= 0.3 is 0 Å². The summed E-state index contributed by atoms with van der Waals surface area (Å²) in [5.41, 5.74) is 5.60. The van der Waals surface area contributed by atoms with Crippen molar-refractivity contribution in [1.82, 2.24) is 9.97 Å². The van der Waals surface area contributed by atoms with Crippen LogP contribution in [0, 0.1) is 0 Å². The topological polar surface area (TPSA) is 115 Å². The number of ether oxygens (including phenoxy) is 1. The number of fused-ring (bicyclic) bond motifs is 2. The molecule has 0 spiro atoms. The van der Waals surface area contributed by atoms with Crippen molar-refractivity contribution < 1.29 is 17.9 Å². The van der Waals surface area contributed by atoms with Gasteiger partial charge < -0.3 is 10.5 Å². The third kappa shape index (κ3) is 3.01. The molecule has 0 aliphatic carbocycles. The summed E-state index contributed by atoms with van der Waals surface area (Å²) in [5.74, 6) is -0.774. The number of para-hydroxylation sites is 1. The van der Waals surface area contributed by atoms with Crippen LogP contribution in [0.3, 0.4) is 0 Å². The first kappa shape index (κ1) is 21.3. The summed E-state index contributed by atoms with van der Waals surface area (Å²) < 4.78 is 33.9. The molecule has 1 amide bonds. The lowest BCUT2D eigenvalue weighted by atomic mass is 9.85. The van der Waals surface area contributed by atoms with E-state index in [-0.39, 0.29) is 33.1 Å². The van der Waals surface area contributed by atoms with Crippen molar-refractivity contribution in [1.29, 1.82) is 0 Å². The molecule has 8 nitrogen and oxygen atoms in total. The molecule has 2 aromatic carbocycles. The molecular formula is C23H17ClN4O4S. The van der Waals surface area contributed by atoms with Crippen molar-refractivity contribution in [2.24, 2.45) is 5.73 Å². The highest BCUT2D eigenvalue weighted by molar-refractivity contribution is 7.93. The second kappa shape index (κ2) is 7.51. The van der Waals surface area contributed by atoms with E-state index in [1.54, 1.807) is 36.4 Å². The van der Waals surface area contributed by atoms with E-state index in [1.807, 2.05) is 0 Å². The average Bonchev–Trinajstić information content (AvgIpc) is 3.06. The van der Waals surface area contributed by atoms with Gasteiger partial charge in [0.2, 0.25) is 5.88 Å². The van der Waals surface area contributed by atoms with Gasteiger partial charge in [0.1, 0.15) is 4.90 Å². The molecule has 4 aromatic rings. The number of methoxy groups -OCH3 is 1. The lowest BCUT2D eigenvalue weighted by Crippen LogP contribution is -2.50. The molecule has 33 heavy (non-hydrogen) atoms. The zero-order valence-electron chi connectivity index (χ0n) is 17.3. The predicted molar refractivity (Wildman–Crippen MR) is 124 cm³/mol. The number of sulfonamides is 1. The molecule has 0 fully saturated rings. The number of halogens is 1. The smallest absolute Gasteiger partial charge is 0.273 e. The van der Waals surface area contributed by atoms with E-state index in [1.165, 1.54) is 43.8 Å². The number of carbonyl (C=O) groups is 1. The van der Waals surface area contributed by atoms with Crippen LogP contribution in [-0.4, -0.2) is 31.4 Å². The summed E-state index contributed by atoms with van der Waals surface area (Å²) >= 11 is 6.22. The fourth-order valence-corrected chi connectivity index (χ4v) is 5.94. The maximum absolute atomic E-state index is 13.9. The van der Waals surface area contributed by atoms with Gasteiger partial charge in [-0.1, -0.05) is 29.8 Å². The van der Waals surface area contributed by atoms with Crippen LogP contribution in [0.25, 0.3) is 10.9 Å². The summed E-state index contributed by atoms with van der Waals surface area (Å²) in [6, 6.07) is 15.8. The molecule has 2 aromatic heterocycles. The summed E-state index contributed by atoms with van der Waals surface area (Å²) in [7, 11) is -3.01. The Morgan fingerprint density at radius 2 is 1.73 bits per heavy atom. The van der Waals surface area contributed by atoms with E-state index in [0.717, 1.165) is 0 Å². The zero-order chi connectivity index (χ0) is 23.4. The summed E-state index contributed by atoms with van der Waals surface area (Å²) in [6.07, 6.45) is 2.98. The van der Waals surface area contributed by atoms with Crippen LogP contribution in [-0.2, 0) is 20.4 Å².